The quantitative estimate of drug-likeness (QED) is 0.0801. The maximum Gasteiger partial charge on any atom is 0.242 e. The van der Waals surface area contributed by atoms with E-state index in [0.717, 1.165) is 0 Å². The van der Waals surface area contributed by atoms with Crippen LogP contribution in [0.2, 0.25) is 0 Å². The van der Waals surface area contributed by atoms with Crippen molar-refractivity contribution in [2.75, 3.05) is 19.6 Å². The molecule has 0 aromatic carbocycles. The number of guanidine groups is 2. The Balaban J connectivity index is 4.54. The highest BCUT2D eigenvalue weighted by Gasteiger charge is 2.23. The zero-order valence-corrected chi connectivity index (χ0v) is 16.0. The van der Waals surface area contributed by atoms with Crippen LogP contribution in [0.5, 0.6) is 0 Å². The SMILES string of the molecule is N=C(N)NCCC[C@@H](N)C(=O)N[C@H](CCCNC(=N)N)C(=O)NCCC[C]=O. The number of amides is 2. The van der Waals surface area contributed by atoms with Crippen molar-refractivity contribution in [2.45, 2.75) is 50.6 Å². The molecule has 0 aliphatic carbocycles. The van der Waals surface area contributed by atoms with Crippen molar-refractivity contribution in [3.63, 3.8) is 0 Å². The monoisotopic (exact) mass is 398 g/mol. The average molecular weight is 398 g/mol. The van der Waals surface area contributed by atoms with Gasteiger partial charge >= 0.3 is 0 Å². The fourth-order valence-corrected chi connectivity index (χ4v) is 2.25. The van der Waals surface area contributed by atoms with Gasteiger partial charge in [0.15, 0.2) is 18.2 Å². The number of hydrogen-bond donors (Lipinski definition) is 9. The molecule has 28 heavy (non-hydrogen) atoms. The zero-order chi connectivity index (χ0) is 21.4. The number of rotatable bonds is 15. The fourth-order valence-electron chi connectivity index (χ4n) is 2.25. The van der Waals surface area contributed by atoms with Crippen molar-refractivity contribution in [1.29, 1.82) is 10.8 Å². The van der Waals surface area contributed by atoms with Gasteiger partial charge in [-0.25, -0.2) is 0 Å². The van der Waals surface area contributed by atoms with Crippen LogP contribution in [0.3, 0.4) is 0 Å². The van der Waals surface area contributed by atoms with Gasteiger partial charge in [-0.2, -0.15) is 0 Å². The van der Waals surface area contributed by atoms with Crippen LogP contribution in [0.4, 0.5) is 0 Å². The van der Waals surface area contributed by atoms with Crippen molar-refractivity contribution in [1.82, 2.24) is 21.3 Å². The van der Waals surface area contributed by atoms with Gasteiger partial charge in [0, 0.05) is 26.1 Å². The molecule has 0 aliphatic heterocycles. The Morgan fingerprint density at radius 2 is 1.39 bits per heavy atom. The largest absolute Gasteiger partial charge is 0.370 e. The van der Waals surface area contributed by atoms with E-state index in [1.54, 1.807) is 6.29 Å². The van der Waals surface area contributed by atoms with Gasteiger partial charge < -0.3 is 38.5 Å². The highest BCUT2D eigenvalue weighted by Crippen LogP contribution is 2.01. The minimum atomic E-state index is -0.802. The molecular weight excluding hydrogens is 366 g/mol. The van der Waals surface area contributed by atoms with Gasteiger partial charge in [0.1, 0.15) is 6.04 Å². The summed E-state index contributed by atoms with van der Waals surface area (Å²) in [5, 5.41) is 24.7. The molecule has 0 fully saturated rings. The molecule has 0 saturated carbocycles. The third-order valence-corrected chi connectivity index (χ3v) is 3.72. The standard InChI is InChI=1S/C16H32N9O3/c17-11(5-3-8-23-15(18)19)13(27)25-12(6-4-9-24-16(20)21)14(28)22-7-1-2-10-26/h11-12H,1-9,17H2,(H,22,28)(H,25,27)(H4,18,19,23)(H4,20,21,24)/t11-,12-/m1/s1. The van der Waals surface area contributed by atoms with E-state index in [1.165, 1.54) is 0 Å². The maximum atomic E-state index is 12.3. The summed E-state index contributed by atoms with van der Waals surface area (Å²) in [7, 11) is 0. The highest BCUT2D eigenvalue weighted by atomic mass is 16.2. The number of nitrogens with two attached hydrogens (primary N) is 3. The first kappa shape index (κ1) is 25.1. The van der Waals surface area contributed by atoms with E-state index in [0.29, 0.717) is 51.7 Å². The van der Waals surface area contributed by atoms with E-state index < -0.39 is 18.0 Å². The first-order valence-electron chi connectivity index (χ1n) is 9.12. The van der Waals surface area contributed by atoms with Crippen molar-refractivity contribution >= 4 is 30.0 Å². The van der Waals surface area contributed by atoms with Gasteiger partial charge in [-0.15, -0.1) is 0 Å². The van der Waals surface area contributed by atoms with Crippen molar-refractivity contribution in [3.05, 3.63) is 0 Å². The van der Waals surface area contributed by atoms with Crippen molar-refractivity contribution < 1.29 is 14.4 Å². The van der Waals surface area contributed by atoms with Crippen LogP contribution in [0.25, 0.3) is 0 Å². The van der Waals surface area contributed by atoms with Crippen molar-refractivity contribution in [3.8, 4) is 0 Å². The van der Waals surface area contributed by atoms with E-state index in [1.807, 2.05) is 0 Å². The summed E-state index contributed by atoms with van der Waals surface area (Å²) < 4.78 is 0. The summed E-state index contributed by atoms with van der Waals surface area (Å²) in [6.07, 6.45) is 4.16. The van der Waals surface area contributed by atoms with E-state index >= 15 is 0 Å². The summed E-state index contributed by atoms with van der Waals surface area (Å²) in [4.78, 5) is 34.8. The summed E-state index contributed by atoms with van der Waals surface area (Å²) in [5.74, 6) is -1.14. The molecule has 0 saturated heterocycles. The van der Waals surface area contributed by atoms with Gasteiger partial charge in [-0.05, 0) is 32.1 Å². The van der Waals surface area contributed by atoms with Gasteiger partial charge in [0.2, 0.25) is 11.8 Å². The molecule has 159 valence electrons. The van der Waals surface area contributed by atoms with Gasteiger partial charge in [0.05, 0.1) is 6.04 Å². The number of hydrogen-bond acceptors (Lipinski definition) is 6. The van der Waals surface area contributed by atoms with Crippen LogP contribution in [-0.4, -0.2) is 61.7 Å². The molecule has 0 aromatic heterocycles. The molecule has 2 amide bonds. The predicted octanol–water partition coefficient (Wildman–Crippen LogP) is -2.67. The second-order valence-electron chi connectivity index (χ2n) is 6.17. The third-order valence-electron chi connectivity index (χ3n) is 3.72. The second-order valence-corrected chi connectivity index (χ2v) is 6.17. The topological polar surface area (TPSA) is 225 Å². The molecule has 0 aromatic rings. The summed E-state index contributed by atoms with van der Waals surface area (Å²) in [5.41, 5.74) is 16.2. The lowest BCUT2D eigenvalue weighted by molar-refractivity contribution is -0.129. The van der Waals surface area contributed by atoms with Gasteiger partial charge in [-0.1, -0.05) is 0 Å². The summed E-state index contributed by atoms with van der Waals surface area (Å²) >= 11 is 0. The Kier molecular flexibility index (Phi) is 13.6. The predicted molar refractivity (Wildman–Crippen MR) is 106 cm³/mol. The van der Waals surface area contributed by atoms with E-state index in [2.05, 4.69) is 21.3 Å². The van der Waals surface area contributed by atoms with Gasteiger partial charge in [-0.3, -0.25) is 25.2 Å². The molecule has 2 atom stereocenters. The van der Waals surface area contributed by atoms with Crippen LogP contribution in [0, 0.1) is 10.8 Å². The normalized spacial score (nSPS) is 12.3. The Morgan fingerprint density at radius 3 is 1.93 bits per heavy atom. The minimum Gasteiger partial charge on any atom is -0.370 e. The molecule has 0 bridgehead atoms. The molecule has 0 aliphatic rings. The zero-order valence-electron chi connectivity index (χ0n) is 16.0. The molecule has 12 nitrogen and oxygen atoms in total. The third kappa shape index (κ3) is 13.3. The number of carbonyl (C=O) groups excluding carboxylic acids is 3. The van der Waals surface area contributed by atoms with Crippen LogP contribution in [0.1, 0.15) is 38.5 Å². The first-order valence-corrected chi connectivity index (χ1v) is 9.12. The molecular formula is C16H32N9O3. The highest BCUT2D eigenvalue weighted by molar-refractivity contribution is 5.89. The molecule has 0 rings (SSSR count). The Bertz CT molecular complexity index is 527. The fraction of sp³-hybridized carbons (Fsp3) is 0.688. The van der Waals surface area contributed by atoms with Crippen LogP contribution < -0.4 is 38.5 Å². The maximum absolute atomic E-state index is 12.3. The minimum absolute atomic E-state index is 0.152. The second kappa shape index (κ2) is 15.2. The number of nitrogens with one attached hydrogen (secondary N) is 6. The smallest absolute Gasteiger partial charge is 0.242 e. The van der Waals surface area contributed by atoms with E-state index in [4.69, 9.17) is 28.0 Å². The molecule has 1 radical (unpaired) electrons. The Hall–Kier alpha value is -2.89. The Morgan fingerprint density at radius 1 is 0.857 bits per heavy atom. The lowest BCUT2D eigenvalue weighted by Crippen LogP contribution is -2.52. The molecule has 12 heteroatoms. The molecule has 12 N–H and O–H groups in total. The first-order chi connectivity index (χ1) is 13.3. The lowest BCUT2D eigenvalue weighted by Gasteiger charge is -2.21. The van der Waals surface area contributed by atoms with Crippen molar-refractivity contribution in [2.24, 2.45) is 17.2 Å². The summed E-state index contributed by atoms with van der Waals surface area (Å²) in [6, 6.07) is -1.59. The average Bonchev–Trinajstić information content (AvgIpc) is 2.63. The Labute approximate surface area is 164 Å². The lowest BCUT2D eigenvalue weighted by atomic mass is 10.1. The van der Waals surface area contributed by atoms with E-state index in [9.17, 15) is 14.4 Å². The van der Waals surface area contributed by atoms with Gasteiger partial charge in [0.25, 0.3) is 0 Å². The molecule has 0 heterocycles. The number of carbonyl (C=O) groups is 2. The van der Waals surface area contributed by atoms with Crippen LogP contribution in [-0.2, 0) is 14.4 Å². The molecule has 0 unspecified atom stereocenters. The molecule has 0 spiro atoms. The van der Waals surface area contributed by atoms with Crippen LogP contribution in [0.15, 0.2) is 0 Å². The number of unbranched alkanes of at least 4 members (excludes halogenated alkanes) is 1. The van der Waals surface area contributed by atoms with Crippen LogP contribution >= 0.6 is 0 Å². The summed E-state index contributed by atoms with van der Waals surface area (Å²) in [6.45, 7) is 1.11. The van der Waals surface area contributed by atoms with E-state index in [-0.39, 0.29) is 24.2 Å².